The summed E-state index contributed by atoms with van der Waals surface area (Å²) in [7, 11) is 0. The van der Waals surface area contributed by atoms with Gasteiger partial charge in [0, 0.05) is 25.2 Å². The van der Waals surface area contributed by atoms with Gasteiger partial charge in [-0.2, -0.15) is 0 Å². The summed E-state index contributed by atoms with van der Waals surface area (Å²) >= 11 is 0. The highest BCUT2D eigenvalue weighted by molar-refractivity contribution is 6.13. The number of carbonyl (C=O) groups excluding carboxylic acids is 1. The number of aromatic hydroxyl groups is 1. The molecule has 3 aliphatic heterocycles. The van der Waals surface area contributed by atoms with Crippen molar-refractivity contribution in [2.45, 2.75) is 19.6 Å². The number of nitrogens with zero attached hydrogens (tertiary/aromatic N) is 1. The number of phenols is 1. The molecule has 0 amide bonds. The minimum Gasteiger partial charge on any atom is -0.507 e. The van der Waals surface area contributed by atoms with Crippen LogP contribution in [0.2, 0.25) is 0 Å². The lowest BCUT2D eigenvalue weighted by molar-refractivity contribution is 0.0336. The van der Waals surface area contributed by atoms with Crippen LogP contribution in [0.3, 0.4) is 0 Å². The largest absolute Gasteiger partial charge is 0.507 e. The summed E-state index contributed by atoms with van der Waals surface area (Å²) in [4.78, 5) is 15.2. The normalized spacial score (nSPS) is 22.2. The first kappa shape index (κ1) is 18.9. The Balaban J connectivity index is 1.46. The van der Waals surface area contributed by atoms with Crippen molar-refractivity contribution in [3.8, 4) is 17.2 Å². The fraction of sp³-hybridized carbons (Fsp3) is 0.292. The van der Waals surface area contributed by atoms with Crippen LogP contribution in [0.25, 0.3) is 6.08 Å². The number of benzene rings is 2. The number of ketones is 1. The number of fused-ring (bicyclic) bond motifs is 2. The molecule has 1 atom stereocenters. The van der Waals surface area contributed by atoms with E-state index >= 15 is 0 Å². The molecule has 5 rings (SSSR count). The van der Waals surface area contributed by atoms with Crippen LogP contribution in [-0.4, -0.2) is 48.2 Å². The highest BCUT2D eigenvalue weighted by Crippen LogP contribution is 2.40. The maximum atomic E-state index is 13.0. The molecule has 6 heteroatoms. The third kappa shape index (κ3) is 3.38. The van der Waals surface area contributed by atoms with Gasteiger partial charge < -0.3 is 19.3 Å². The zero-order valence-electron chi connectivity index (χ0n) is 16.8. The van der Waals surface area contributed by atoms with Gasteiger partial charge in [0.1, 0.15) is 23.4 Å². The molecule has 30 heavy (non-hydrogen) atoms. The molecule has 0 aliphatic carbocycles. The van der Waals surface area contributed by atoms with Gasteiger partial charge in [-0.3, -0.25) is 9.69 Å². The first-order chi connectivity index (χ1) is 14.6. The van der Waals surface area contributed by atoms with E-state index in [-0.39, 0.29) is 23.4 Å². The number of para-hydroxylation sites is 1. The van der Waals surface area contributed by atoms with Gasteiger partial charge in [0.15, 0.2) is 5.76 Å². The van der Waals surface area contributed by atoms with Crippen molar-refractivity contribution in [3.63, 3.8) is 0 Å². The SMILES string of the molecule is CC1Oc2ccccc2C=C1/C=C1\Oc2c(ccc(O)c2CN2CCOCC2)C1=O. The molecule has 0 aromatic heterocycles. The zero-order chi connectivity index (χ0) is 20.7. The summed E-state index contributed by atoms with van der Waals surface area (Å²) in [5.74, 6) is 1.48. The second-order valence-electron chi connectivity index (χ2n) is 7.71. The van der Waals surface area contributed by atoms with Crippen molar-refractivity contribution in [1.29, 1.82) is 0 Å². The standard InChI is InChI=1S/C24H23NO5/c1-15-17(12-16-4-2-3-5-21(16)29-15)13-22-23(27)18-6-7-20(26)19(24(18)30-22)14-25-8-10-28-11-9-25/h2-7,12-13,15,26H,8-11,14H2,1H3/b22-13-. The molecule has 0 saturated carbocycles. The highest BCUT2D eigenvalue weighted by atomic mass is 16.5. The van der Waals surface area contributed by atoms with Gasteiger partial charge in [0.05, 0.1) is 24.3 Å². The number of hydrogen-bond acceptors (Lipinski definition) is 6. The smallest absolute Gasteiger partial charge is 0.231 e. The van der Waals surface area contributed by atoms with Crippen LogP contribution >= 0.6 is 0 Å². The Morgan fingerprint density at radius 1 is 1.17 bits per heavy atom. The van der Waals surface area contributed by atoms with E-state index in [9.17, 15) is 9.90 Å². The molecule has 2 aromatic rings. The zero-order valence-corrected chi connectivity index (χ0v) is 16.8. The summed E-state index contributed by atoms with van der Waals surface area (Å²) in [5.41, 5.74) is 2.95. The van der Waals surface area contributed by atoms with Crippen LogP contribution in [0.15, 0.2) is 53.8 Å². The summed E-state index contributed by atoms with van der Waals surface area (Å²) in [5, 5.41) is 10.5. The van der Waals surface area contributed by atoms with E-state index in [2.05, 4.69) is 4.90 Å². The first-order valence-corrected chi connectivity index (χ1v) is 10.2. The summed E-state index contributed by atoms with van der Waals surface area (Å²) in [6, 6.07) is 11.0. The average molecular weight is 405 g/mol. The summed E-state index contributed by atoms with van der Waals surface area (Å²) < 4.78 is 17.4. The number of phenolic OH excluding ortho intramolecular Hbond substituents is 1. The van der Waals surface area contributed by atoms with Gasteiger partial charge in [-0.25, -0.2) is 0 Å². The Hall–Kier alpha value is -3.09. The molecule has 0 bridgehead atoms. The van der Waals surface area contributed by atoms with Gasteiger partial charge in [-0.05, 0) is 42.8 Å². The molecule has 1 N–H and O–H groups in total. The van der Waals surface area contributed by atoms with Crippen LogP contribution in [0.4, 0.5) is 0 Å². The lowest BCUT2D eigenvalue weighted by atomic mass is 10.0. The van der Waals surface area contributed by atoms with Crippen LogP contribution < -0.4 is 9.47 Å². The van der Waals surface area contributed by atoms with Crippen LogP contribution in [0.5, 0.6) is 17.2 Å². The number of Topliss-reactive ketones (excluding diaryl/α,β-unsaturated/α-hetero) is 1. The van der Waals surface area contributed by atoms with E-state index in [0.717, 1.165) is 30.0 Å². The van der Waals surface area contributed by atoms with Crippen molar-refractivity contribution in [1.82, 2.24) is 4.90 Å². The van der Waals surface area contributed by atoms with Crippen molar-refractivity contribution in [2.75, 3.05) is 26.3 Å². The maximum Gasteiger partial charge on any atom is 0.231 e. The van der Waals surface area contributed by atoms with Crippen LogP contribution in [0.1, 0.15) is 28.4 Å². The van der Waals surface area contributed by atoms with Crippen molar-refractivity contribution in [3.05, 3.63) is 70.5 Å². The maximum absolute atomic E-state index is 13.0. The predicted molar refractivity (Wildman–Crippen MR) is 112 cm³/mol. The Kier molecular flexibility index (Phi) is 4.81. The number of carbonyl (C=O) groups is 1. The molecule has 2 aromatic carbocycles. The van der Waals surface area contributed by atoms with E-state index in [1.54, 1.807) is 18.2 Å². The molecule has 0 radical (unpaired) electrons. The number of hydrogen-bond donors (Lipinski definition) is 1. The average Bonchev–Trinajstić information content (AvgIpc) is 3.07. The third-order valence-corrected chi connectivity index (χ3v) is 5.71. The molecular formula is C24H23NO5. The highest BCUT2D eigenvalue weighted by Gasteiger charge is 2.33. The van der Waals surface area contributed by atoms with E-state index in [4.69, 9.17) is 14.2 Å². The minimum absolute atomic E-state index is 0.136. The van der Waals surface area contributed by atoms with Crippen molar-refractivity contribution >= 4 is 11.9 Å². The molecule has 1 saturated heterocycles. The number of ether oxygens (including phenoxy) is 3. The fourth-order valence-electron chi connectivity index (χ4n) is 4.01. The number of rotatable bonds is 3. The van der Waals surface area contributed by atoms with Crippen molar-refractivity contribution in [2.24, 2.45) is 0 Å². The van der Waals surface area contributed by atoms with Gasteiger partial charge >= 0.3 is 0 Å². The van der Waals surface area contributed by atoms with Crippen LogP contribution in [-0.2, 0) is 11.3 Å². The number of morpholine rings is 1. The predicted octanol–water partition coefficient (Wildman–Crippen LogP) is 3.55. The Morgan fingerprint density at radius 3 is 2.80 bits per heavy atom. The second kappa shape index (κ2) is 7.63. The second-order valence-corrected chi connectivity index (χ2v) is 7.71. The number of allylic oxidation sites excluding steroid dienone is 1. The van der Waals surface area contributed by atoms with Gasteiger partial charge in [-0.15, -0.1) is 0 Å². The monoisotopic (exact) mass is 405 g/mol. The van der Waals surface area contributed by atoms with E-state index in [0.29, 0.717) is 36.6 Å². The fourth-order valence-corrected chi connectivity index (χ4v) is 4.01. The Morgan fingerprint density at radius 2 is 1.97 bits per heavy atom. The molecule has 154 valence electrons. The Labute approximate surface area is 175 Å². The van der Waals surface area contributed by atoms with Crippen molar-refractivity contribution < 1.29 is 24.1 Å². The van der Waals surface area contributed by atoms with Gasteiger partial charge in [0.2, 0.25) is 5.78 Å². The van der Waals surface area contributed by atoms with E-state index < -0.39 is 0 Å². The van der Waals surface area contributed by atoms with Gasteiger partial charge in [-0.1, -0.05) is 18.2 Å². The van der Waals surface area contributed by atoms with E-state index in [1.807, 2.05) is 37.3 Å². The van der Waals surface area contributed by atoms with E-state index in [1.165, 1.54) is 0 Å². The van der Waals surface area contributed by atoms with Gasteiger partial charge in [0.25, 0.3) is 0 Å². The molecular weight excluding hydrogens is 382 g/mol. The Bertz CT molecular complexity index is 1070. The lowest BCUT2D eigenvalue weighted by Gasteiger charge is -2.27. The lowest BCUT2D eigenvalue weighted by Crippen LogP contribution is -2.35. The molecule has 3 aliphatic rings. The molecule has 3 heterocycles. The molecule has 1 unspecified atom stereocenters. The molecule has 0 spiro atoms. The van der Waals surface area contributed by atoms with Crippen LogP contribution in [0, 0.1) is 0 Å². The molecule has 6 nitrogen and oxygen atoms in total. The third-order valence-electron chi connectivity index (χ3n) is 5.71. The first-order valence-electron chi connectivity index (χ1n) is 10.2. The minimum atomic E-state index is -0.200. The topological polar surface area (TPSA) is 68.2 Å². The quantitative estimate of drug-likeness (QED) is 0.788. The molecule has 1 fully saturated rings. The summed E-state index contributed by atoms with van der Waals surface area (Å²) in [6.45, 7) is 5.33. The summed E-state index contributed by atoms with van der Waals surface area (Å²) in [6.07, 6.45) is 3.56.